The first kappa shape index (κ1) is 9.70. The Morgan fingerprint density at radius 1 is 1.50 bits per heavy atom. The van der Waals surface area contributed by atoms with E-state index >= 15 is 0 Å². The van der Waals surface area contributed by atoms with Gasteiger partial charge in [0, 0.05) is 6.42 Å². The number of hydrazone groups is 1. The van der Waals surface area contributed by atoms with Crippen molar-refractivity contribution in [1.82, 2.24) is 0 Å². The van der Waals surface area contributed by atoms with E-state index in [9.17, 15) is 4.39 Å². The van der Waals surface area contributed by atoms with Gasteiger partial charge >= 0.3 is 0 Å². The molecule has 0 saturated heterocycles. The van der Waals surface area contributed by atoms with E-state index in [0.717, 1.165) is 0 Å². The number of amidine groups is 1. The Hall–Kier alpha value is -0.850. The first-order valence-corrected chi connectivity index (χ1v) is 5.44. The lowest BCUT2D eigenvalue weighted by Gasteiger charge is -2.18. The molecule has 0 spiro atoms. The van der Waals surface area contributed by atoms with Gasteiger partial charge in [0.25, 0.3) is 0 Å². The zero-order valence-corrected chi connectivity index (χ0v) is 9.48. The van der Waals surface area contributed by atoms with Crippen LogP contribution in [0.5, 0.6) is 0 Å². The van der Waals surface area contributed by atoms with Crippen LogP contribution in [0.1, 0.15) is 6.42 Å². The van der Waals surface area contributed by atoms with Crippen molar-refractivity contribution in [3.05, 3.63) is 30.1 Å². The largest absolute Gasteiger partial charge is 0.386 e. The van der Waals surface area contributed by atoms with Crippen molar-refractivity contribution in [2.75, 3.05) is 5.01 Å². The van der Waals surface area contributed by atoms with Gasteiger partial charge in [-0.25, -0.2) is 9.40 Å². The summed E-state index contributed by atoms with van der Waals surface area (Å²) in [5, 5.41) is 5.70. The van der Waals surface area contributed by atoms with Crippen LogP contribution >= 0.6 is 22.6 Å². The van der Waals surface area contributed by atoms with Gasteiger partial charge in [0.15, 0.2) is 0 Å². The van der Waals surface area contributed by atoms with E-state index in [1.54, 1.807) is 23.2 Å². The number of halogens is 2. The maximum Gasteiger partial charge on any atom is 0.148 e. The summed E-state index contributed by atoms with van der Waals surface area (Å²) in [6.45, 7) is 0. The summed E-state index contributed by atoms with van der Waals surface area (Å²) in [7, 11) is 0. The molecular formula is C9H9FIN3. The van der Waals surface area contributed by atoms with Crippen molar-refractivity contribution in [2.45, 2.75) is 10.5 Å². The first-order chi connectivity index (χ1) is 6.68. The zero-order chi connectivity index (χ0) is 10.1. The molecule has 0 saturated carbocycles. The molecule has 1 aliphatic heterocycles. The number of alkyl halides is 1. The van der Waals surface area contributed by atoms with Crippen molar-refractivity contribution in [3.63, 3.8) is 0 Å². The predicted octanol–water partition coefficient (Wildman–Crippen LogP) is 2.07. The third-order valence-corrected chi connectivity index (χ3v) is 2.95. The average Bonchev–Trinajstić information content (AvgIpc) is 2.46. The number of benzene rings is 1. The Bertz CT molecular complexity index is 380. The molecule has 0 bridgehead atoms. The molecule has 1 aromatic carbocycles. The van der Waals surface area contributed by atoms with Crippen LogP contribution in [0.25, 0.3) is 0 Å². The lowest BCUT2D eigenvalue weighted by atomic mass is 10.3. The highest BCUT2D eigenvalue weighted by Crippen LogP contribution is 2.28. The molecule has 3 nitrogen and oxygen atoms in total. The van der Waals surface area contributed by atoms with Crippen LogP contribution in [0, 0.1) is 5.82 Å². The third-order valence-electron chi connectivity index (χ3n) is 1.98. The van der Waals surface area contributed by atoms with Gasteiger partial charge in [0.1, 0.15) is 15.7 Å². The Kier molecular flexibility index (Phi) is 2.58. The van der Waals surface area contributed by atoms with Crippen LogP contribution in [0.2, 0.25) is 0 Å². The van der Waals surface area contributed by atoms with E-state index in [2.05, 4.69) is 27.7 Å². The van der Waals surface area contributed by atoms with Crippen LogP contribution < -0.4 is 10.7 Å². The van der Waals surface area contributed by atoms with Gasteiger partial charge in [-0.3, -0.25) is 0 Å². The van der Waals surface area contributed by atoms with E-state index in [4.69, 9.17) is 5.73 Å². The fourth-order valence-electron chi connectivity index (χ4n) is 1.34. The molecule has 0 fully saturated rings. The summed E-state index contributed by atoms with van der Waals surface area (Å²) < 4.78 is 13.5. The number of hydrogen-bond acceptors (Lipinski definition) is 3. The molecule has 1 atom stereocenters. The van der Waals surface area contributed by atoms with E-state index in [1.165, 1.54) is 6.07 Å². The van der Waals surface area contributed by atoms with Crippen molar-refractivity contribution in [2.24, 2.45) is 10.8 Å². The minimum atomic E-state index is -0.271. The Morgan fingerprint density at radius 3 is 2.79 bits per heavy atom. The molecule has 2 N–H and O–H groups in total. The smallest absolute Gasteiger partial charge is 0.148 e. The number of rotatable bonds is 1. The molecule has 1 heterocycles. The van der Waals surface area contributed by atoms with E-state index < -0.39 is 0 Å². The van der Waals surface area contributed by atoms with Crippen molar-refractivity contribution >= 4 is 34.1 Å². The number of nitrogens with two attached hydrogens (primary N) is 1. The molecule has 2 rings (SSSR count). The molecular weight excluding hydrogens is 296 g/mol. The molecule has 0 aliphatic carbocycles. The van der Waals surface area contributed by atoms with Crippen LogP contribution in [0.3, 0.4) is 0 Å². The third kappa shape index (κ3) is 1.68. The van der Waals surface area contributed by atoms with Gasteiger partial charge in [-0.1, -0.05) is 34.7 Å². The summed E-state index contributed by atoms with van der Waals surface area (Å²) in [6.07, 6.45) is 0.675. The second-order valence-corrected chi connectivity index (χ2v) is 4.46. The molecule has 1 unspecified atom stereocenters. The first-order valence-electron chi connectivity index (χ1n) is 4.19. The Morgan fingerprint density at radius 2 is 2.21 bits per heavy atom. The fourth-order valence-corrected chi connectivity index (χ4v) is 2.22. The second-order valence-electron chi connectivity index (χ2n) is 3.03. The van der Waals surface area contributed by atoms with Crippen LogP contribution in [0.4, 0.5) is 10.1 Å². The molecule has 1 aliphatic rings. The SMILES string of the molecule is NC1=NN(c2ccccc2F)C(I)C1. The Labute approximate surface area is 94.9 Å². The summed E-state index contributed by atoms with van der Waals surface area (Å²) in [5.74, 6) is 0.278. The maximum atomic E-state index is 13.4. The monoisotopic (exact) mass is 305 g/mol. The van der Waals surface area contributed by atoms with Gasteiger partial charge in [-0.05, 0) is 12.1 Å². The van der Waals surface area contributed by atoms with Crippen molar-refractivity contribution in [1.29, 1.82) is 0 Å². The highest BCUT2D eigenvalue weighted by molar-refractivity contribution is 14.1. The molecule has 0 amide bonds. The standard InChI is InChI=1S/C9H9FIN3/c10-6-3-1-2-4-7(6)14-8(11)5-9(12)13-14/h1-4,8H,5H2,(H2,12,13). The average molecular weight is 305 g/mol. The predicted molar refractivity (Wildman–Crippen MR) is 62.9 cm³/mol. The lowest BCUT2D eigenvalue weighted by molar-refractivity contribution is 0.621. The maximum absolute atomic E-state index is 13.4. The van der Waals surface area contributed by atoms with E-state index in [1.807, 2.05) is 0 Å². The van der Waals surface area contributed by atoms with Crippen LogP contribution in [0.15, 0.2) is 29.4 Å². The molecule has 74 valence electrons. The molecule has 5 heteroatoms. The van der Waals surface area contributed by atoms with Gasteiger partial charge in [0.2, 0.25) is 0 Å². The number of anilines is 1. The van der Waals surface area contributed by atoms with Gasteiger partial charge in [-0.15, -0.1) is 0 Å². The topological polar surface area (TPSA) is 41.6 Å². The quantitative estimate of drug-likeness (QED) is 0.490. The molecule has 1 aromatic rings. The summed E-state index contributed by atoms with van der Waals surface area (Å²) in [5.41, 5.74) is 6.06. The van der Waals surface area contributed by atoms with Crippen molar-refractivity contribution < 1.29 is 4.39 Å². The normalized spacial score (nSPS) is 21.1. The molecule has 14 heavy (non-hydrogen) atoms. The minimum Gasteiger partial charge on any atom is -0.386 e. The molecule has 0 aromatic heterocycles. The molecule has 0 radical (unpaired) electrons. The minimum absolute atomic E-state index is 0.101. The van der Waals surface area contributed by atoms with Crippen LogP contribution in [-0.2, 0) is 0 Å². The summed E-state index contributed by atoms with van der Waals surface area (Å²) >= 11 is 2.19. The highest BCUT2D eigenvalue weighted by Gasteiger charge is 2.25. The van der Waals surface area contributed by atoms with E-state index in [-0.39, 0.29) is 9.87 Å². The number of hydrogen-bond donors (Lipinski definition) is 1. The van der Waals surface area contributed by atoms with Gasteiger partial charge in [-0.2, -0.15) is 5.10 Å². The number of nitrogens with zero attached hydrogens (tertiary/aromatic N) is 2. The van der Waals surface area contributed by atoms with Gasteiger partial charge in [0.05, 0.1) is 5.69 Å². The second kappa shape index (κ2) is 3.72. The van der Waals surface area contributed by atoms with Crippen molar-refractivity contribution in [3.8, 4) is 0 Å². The van der Waals surface area contributed by atoms with Crippen LogP contribution in [-0.4, -0.2) is 9.88 Å². The highest BCUT2D eigenvalue weighted by atomic mass is 127. The van der Waals surface area contributed by atoms with E-state index in [0.29, 0.717) is 17.9 Å². The fraction of sp³-hybridized carbons (Fsp3) is 0.222. The zero-order valence-electron chi connectivity index (χ0n) is 7.32. The Balaban J connectivity index is 2.36. The lowest BCUT2D eigenvalue weighted by Crippen LogP contribution is -2.20. The summed E-state index contributed by atoms with van der Waals surface area (Å²) in [4.78, 5) is 0. The summed E-state index contributed by atoms with van der Waals surface area (Å²) in [6, 6.07) is 6.56. The van der Waals surface area contributed by atoms with Gasteiger partial charge < -0.3 is 5.73 Å². The number of para-hydroxylation sites is 1.